The molecule has 0 radical (unpaired) electrons. The lowest BCUT2D eigenvalue weighted by Crippen LogP contribution is -2.24. The van der Waals surface area contributed by atoms with Gasteiger partial charge in [0.15, 0.2) is 0 Å². The molecule has 21 heavy (non-hydrogen) atoms. The fourth-order valence-corrected chi connectivity index (χ4v) is 3.02. The number of hydrogen-bond donors (Lipinski definition) is 1. The van der Waals surface area contributed by atoms with Crippen LogP contribution < -0.4 is 4.72 Å². The first-order valence-corrected chi connectivity index (χ1v) is 7.83. The molecule has 0 aliphatic rings. The molecule has 0 aliphatic carbocycles. The third-order valence-electron chi connectivity index (χ3n) is 3.00. The van der Waals surface area contributed by atoms with E-state index in [1.807, 2.05) is 18.2 Å². The summed E-state index contributed by atoms with van der Waals surface area (Å²) in [6.07, 6.45) is 0. The van der Waals surface area contributed by atoms with E-state index in [-0.39, 0.29) is 11.4 Å². The topological polar surface area (TPSA) is 55.4 Å². The van der Waals surface area contributed by atoms with Gasteiger partial charge in [0.1, 0.15) is 10.7 Å². The van der Waals surface area contributed by atoms with Gasteiger partial charge < -0.3 is 4.74 Å². The minimum absolute atomic E-state index is 0.0796. The Balaban J connectivity index is 2.18. The SMILES string of the molecule is COCc1ccccc1CNS(=O)(=O)c1ccccc1F. The summed E-state index contributed by atoms with van der Waals surface area (Å²) in [6.45, 7) is 0.466. The Morgan fingerprint density at radius 3 is 2.33 bits per heavy atom. The van der Waals surface area contributed by atoms with Gasteiger partial charge in [0.25, 0.3) is 0 Å². The quantitative estimate of drug-likeness (QED) is 0.892. The smallest absolute Gasteiger partial charge is 0.243 e. The third kappa shape index (κ3) is 3.87. The Hall–Kier alpha value is -1.76. The van der Waals surface area contributed by atoms with Crippen LogP contribution in [0.3, 0.4) is 0 Å². The molecule has 4 nitrogen and oxygen atoms in total. The van der Waals surface area contributed by atoms with Crippen LogP contribution in [0.15, 0.2) is 53.4 Å². The zero-order valence-electron chi connectivity index (χ0n) is 11.5. The zero-order valence-corrected chi connectivity index (χ0v) is 12.4. The van der Waals surface area contributed by atoms with Gasteiger partial charge in [-0.1, -0.05) is 36.4 Å². The Kier molecular flexibility index (Phi) is 5.06. The summed E-state index contributed by atoms with van der Waals surface area (Å²) in [7, 11) is -2.32. The van der Waals surface area contributed by atoms with E-state index in [9.17, 15) is 12.8 Å². The standard InChI is InChI=1S/C15H16FNO3S/c1-20-11-13-7-3-2-6-12(13)10-17-21(18,19)15-9-5-4-8-14(15)16/h2-9,17H,10-11H2,1H3. The fraction of sp³-hybridized carbons (Fsp3) is 0.200. The predicted octanol–water partition coefficient (Wildman–Crippen LogP) is 2.45. The highest BCUT2D eigenvalue weighted by atomic mass is 32.2. The van der Waals surface area contributed by atoms with Crippen LogP contribution in [0, 0.1) is 5.82 Å². The first-order valence-electron chi connectivity index (χ1n) is 6.34. The number of halogens is 1. The average molecular weight is 309 g/mol. The molecule has 0 saturated carbocycles. The van der Waals surface area contributed by atoms with Crippen LogP contribution in [-0.2, 0) is 27.9 Å². The molecule has 0 amide bonds. The number of nitrogens with one attached hydrogen (secondary N) is 1. The van der Waals surface area contributed by atoms with Crippen molar-refractivity contribution in [3.63, 3.8) is 0 Å². The molecule has 0 heterocycles. The molecule has 0 spiro atoms. The Morgan fingerprint density at radius 1 is 1.05 bits per heavy atom. The van der Waals surface area contributed by atoms with Gasteiger partial charge >= 0.3 is 0 Å². The van der Waals surface area contributed by atoms with Crippen LogP contribution >= 0.6 is 0 Å². The maximum absolute atomic E-state index is 13.6. The van der Waals surface area contributed by atoms with Crippen LogP contribution in [0.4, 0.5) is 4.39 Å². The summed E-state index contributed by atoms with van der Waals surface area (Å²) in [5.41, 5.74) is 1.68. The summed E-state index contributed by atoms with van der Waals surface area (Å²) in [6, 6.07) is 12.6. The van der Waals surface area contributed by atoms with Gasteiger partial charge in [0.05, 0.1) is 6.61 Å². The highest BCUT2D eigenvalue weighted by Gasteiger charge is 2.18. The molecule has 0 bridgehead atoms. The monoisotopic (exact) mass is 309 g/mol. The minimum atomic E-state index is -3.89. The number of ether oxygens (including phenoxy) is 1. The molecule has 0 fully saturated rings. The van der Waals surface area contributed by atoms with Gasteiger partial charge in [0, 0.05) is 13.7 Å². The van der Waals surface area contributed by atoms with Gasteiger partial charge in [-0.05, 0) is 23.3 Å². The van der Waals surface area contributed by atoms with Crippen LogP contribution in [-0.4, -0.2) is 15.5 Å². The van der Waals surface area contributed by atoms with Crippen LogP contribution in [0.1, 0.15) is 11.1 Å². The number of methoxy groups -OCH3 is 1. The van der Waals surface area contributed by atoms with E-state index in [2.05, 4.69) is 4.72 Å². The van der Waals surface area contributed by atoms with Crippen molar-refractivity contribution in [2.24, 2.45) is 0 Å². The third-order valence-corrected chi connectivity index (χ3v) is 4.43. The zero-order chi connectivity index (χ0) is 15.3. The molecule has 0 aromatic heterocycles. The fourth-order valence-electron chi connectivity index (χ4n) is 1.94. The second kappa shape index (κ2) is 6.80. The predicted molar refractivity (Wildman–Crippen MR) is 77.6 cm³/mol. The normalized spacial score (nSPS) is 11.5. The molecule has 2 aromatic carbocycles. The van der Waals surface area contributed by atoms with Crippen molar-refractivity contribution in [3.8, 4) is 0 Å². The van der Waals surface area contributed by atoms with Gasteiger partial charge in [-0.15, -0.1) is 0 Å². The maximum Gasteiger partial charge on any atom is 0.243 e. The van der Waals surface area contributed by atoms with Crippen LogP contribution in [0.2, 0.25) is 0 Å². The Morgan fingerprint density at radius 2 is 1.67 bits per heavy atom. The molecular weight excluding hydrogens is 293 g/mol. The Bertz CT molecular complexity index is 716. The first-order chi connectivity index (χ1) is 10.0. The van der Waals surface area contributed by atoms with E-state index in [0.717, 1.165) is 17.2 Å². The molecule has 0 unspecified atom stereocenters. The van der Waals surface area contributed by atoms with Crippen molar-refractivity contribution in [2.75, 3.05) is 7.11 Å². The number of benzene rings is 2. The van der Waals surface area contributed by atoms with Crippen molar-refractivity contribution < 1.29 is 17.5 Å². The molecule has 0 aliphatic heterocycles. The molecule has 2 rings (SSSR count). The largest absolute Gasteiger partial charge is 0.380 e. The summed E-state index contributed by atoms with van der Waals surface area (Å²) < 4.78 is 45.3. The molecule has 112 valence electrons. The highest BCUT2D eigenvalue weighted by Crippen LogP contribution is 2.15. The summed E-state index contributed by atoms with van der Waals surface area (Å²) in [4.78, 5) is -0.353. The van der Waals surface area contributed by atoms with E-state index in [1.54, 1.807) is 13.2 Å². The molecule has 0 atom stereocenters. The lowest BCUT2D eigenvalue weighted by atomic mass is 10.1. The number of sulfonamides is 1. The molecular formula is C15H16FNO3S. The lowest BCUT2D eigenvalue weighted by Gasteiger charge is -2.11. The number of rotatable bonds is 6. The van der Waals surface area contributed by atoms with Crippen molar-refractivity contribution in [2.45, 2.75) is 18.0 Å². The van der Waals surface area contributed by atoms with E-state index >= 15 is 0 Å². The van der Waals surface area contributed by atoms with E-state index < -0.39 is 15.8 Å². The average Bonchev–Trinajstić information content (AvgIpc) is 2.47. The van der Waals surface area contributed by atoms with Crippen molar-refractivity contribution >= 4 is 10.0 Å². The lowest BCUT2D eigenvalue weighted by molar-refractivity contribution is 0.184. The summed E-state index contributed by atoms with van der Waals surface area (Å²) >= 11 is 0. The van der Waals surface area contributed by atoms with Gasteiger partial charge in [-0.25, -0.2) is 17.5 Å². The highest BCUT2D eigenvalue weighted by molar-refractivity contribution is 7.89. The first kappa shape index (κ1) is 15.6. The van der Waals surface area contributed by atoms with Crippen molar-refractivity contribution in [1.82, 2.24) is 4.72 Å². The molecule has 0 saturated heterocycles. The second-order valence-corrected chi connectivity index (χ2v) is 6.19. The van der Waals surface area contributed by atoms with Gasteiger partial charge in [0.2, 0.25) is 10.0 Å². The second-order valence-electron chi connectivity index (χ2n) is 4.46. The maximum atomic E-state index is 13.6. The van der Waals surface area contributed by atoms with Crippen LogP contribution in [0.5, 0.6) is 0 Å². The molecule has 2 aromatic rings. The molecule has 6 heteroatoms. The van der Waals surface area contributed by atoms with Crippen molar-refractivity contribution in [1.29, 1.82) is 0 Å². The Labute approximate surface area is 123 Å². The minimum Gasteiger partial charge on any atom is -0.380 e. The number of hydrogen-bond acceptors (Lipinski definition) is 3. The molecule has 1 N–H and O–H groups in total. The summed E-state index contributed by atoms with van der Waals surface area (Å²) in [5, 5.41) is 0. The van der Waals surface area contributed by atoms with E-state index in [4.69, 9.17) is 4.74 Å². The van der Waals surface area contributed by atoms with Gasteiger partial charge in [-0.2, -0.15) is 0 Å². The van der Waals surface area contributed by atoms with Gasteiger partial charge in [-0.3, -0.25) is 0 Å². The van der Waals surface area contributed by atoms with Crippen LogP contribution in [0.25, 0.3) is 0 Å². The van der Waals surface area contributed by atoms with E-state index in [1.165, 1.54) is 18.2 Å². The van der Waals surface area contributed by atoms with E-state index in [0.29, 0.717) is 6.61 Å². The van der Waals surface area contributed by atoms with Crippen molar-refractivity contribution in [3.05, 3.63) is 65.5 Å². The summed E-state index contributed by atoms with van der Waals surface area (Å²) in [5.74, 6) is -0.768.